The van der Waals surface area contributed by atoms with E-state index in [9.17, 15) is 62.7 Å². The van der Waals surface area contributed by atoms with E-state index in [2.05, 4.69) is 34.4 Å². The number of anilines is 1. The number of ketones is 1. The molecule has 1 aliphatic heterocycles. The fourth-order valence-electron chi connectivity index (χ4n) is 4.55. The molecule has 0 saturated carbocycles. The number of aliphatic hydroxyl groups is 2. The summed E-state index contributed by atoms with van der Waals surface area (Å²) in [6, 6.07) is 0. The first-order valence-corrected chi connectivity index (χ1v) is 21.0. The summed E-state index contributed by atoms with van der Waals surface area (Å²) in [6.07, 6.45) is -7.24. The molecule has 25 nitrogen and oxygen atoms in total. The van der Waals surface area contributed by atoms with Gasteiger partial charge in [-0.15, -0.1) is 0 Å². The third-order valence-electron chi connectivity index (χ3n) is 7.16. The summed E-state index contributed by atoms with van der Waals surface area (Å²) in [5, 5.41) is 25.8. The molecule has 1 saturated heterocycles. The molecule has 7 atom stereocenters. The van der Waals surface area contributed by atoms with Gasteiger partial charge < -0.3 is 50.9 Å². The summed E-state index contributed by atoms with van der Waals surface area (Å²) in [4.78, 5) is 97.7. The number of ether oxygens (including phenoxy) is 1. The summed E-state index contributed by atoms with van der Waals surface area (Å²) >= 11 is 0.878. The topological polar surface area (TPSA) is 381 Å². The van der Waals surface area contributed by atoms with Crippen molar-refractivity contribution in [3.05, 3.63) is 12.7 Å². The number of hydrogen-bond acceptors (Lipinski definition) is 19. The lowest BCUT2D eigenvalue weighted by atomic mass is 9.87. The van der Waals surface area contributed by atoms with E-state index in [1.165, 1.54) is 20.8 Å². The molecular weight excluding hydrogens is 813 g/mol. The predicted molar refractivity (Wildman–Crippen MR) is 182 cm³/mol. The lowest BCUT2D eigenvalue weighted by molar-refractivity contribution is -0.137. The predicted octanol–water partition coefficient (Wildman–Crippen LogP) is -1.36. The Morgan fingerprint density at radius 2 is 1.76 bits per heavy atom. The van der Waals surface area contributed by atoms with Gasteiger partial charge in [0.15, 0.2) is 22.8 Å². The fraction of sp³-hybridized carbons (Fsp3) is 0.640. The van der Waals surface area contributed by atoms with Crippen molar-refractivity contribution in [2.75, 3.05) is 37.8 Å². The Kier molecular flexibility index (Phi) is 16.0. The number of aliphatic hydroxyl groups excluding tert-OH is 2. The monoisotopic (exact) mass is 853 g/mol. The molecule has 1 aliphatic rings. The average molecular weight is 854 g/mol. The van der Waals surface area contributed by atoms with E-state index in [1.807, 2.05) is 0 Å². The molecule has 0 bridgehead atoms. The summed E-state index contributed by atoms with van der Waals surface area (Å²) < 4.78 is 61.9. The van der Waals surface area contributed by atoms with Gasteiger partial charge in [0.2, 0.25) is 11.8 Å². The zero-order valence-electron chi connectivity index (χ0n) is 28.7. The number of carbonyl (C=O) groups is 4. The average Bonchev–Trinajstić information content (AvgIpc) is 3.60. The van der Waals surface area contributed by atoms with E-state index in [4.69, 9.17) is 19.5 Å². The highest BCUT2D eigenvalue weighted by atomic mass is 32.2. The second-order valence-electron chi connectivity index (χ2n) is 12.2. The number of fused-ring (bicyclic) bond motifs is 1. The van der Waals surface area contributed by atoms with Crippen LogP contribution in [0.1, 0.15) is 39.8 Å². The zero-order valence-corrected chi connectivity index (χ0v) is 32.2. The SMILES string of the molecule is CC(=O)C[14C](=O)SCCNC(=O)CCNC(=O)[C@H](O)C(C)(C)COP(=O)(O)OP(=O)(O)OC[C@H]1O[C@@H](n2cnc3c(N)ncnc32)[C@H](O)[C@@H]1OP(=O)(O)O. The van der Waals surface area contributed by atoms with Crippen molar-refractivity contribution >= 4 is 74.9 Å². The van der Waals surface area contributed by atoms with Crippen LogP contribution in [-0.4, -0.2) is 128 Å². The summed E-state index contributed by atoms with van der Waals surface area (Å²) in [5.41, 5.74) is 4.22. The van der Waals surface area contributed by atoms with Crippen molar-refractivity contribution in [3.63, 3.8) is 0 Å². The molecule has 0 aliphatic carbocycles. The van der Waals surface area contributed by atoms with Crippen molar-refractivity contribution in [1.82, 2.24) is 30.2 Å². The van der Waals surface area contributed by atoms with Gasteiger partial charge in [-0.3, -0.25) is 37.3 Å². The minimum Gasteiger partial charge on any atom is -0.386 e. The molecule has 2 amide bonds. The van der Waals surface area contributed by atoms with Gasteiger partial charge in [0.1, 0.15) is 42.0 Å². The number of carbonyl (C=O) groups excluding carboxylic acids is 4. The van der Waals surface area contributed by atoms with Gasteiger partial charge in [-0.05, 0) is 6.92 Å². The van der Waals surface area contributed by atoms with Gasteiger partial charge >= 0.3 is 23.5 Å². The molecule has 3 heterocycles. The molecule has 0 radical (unpaired) electrons. The van der Waals surface area contributed by atoms with Crippen molar-refractivity contribution in [1.29, 1.82) is 0 Å². The smallest absolute Gasteiger partial charge is 0.386 e. The molecule has 3 rings (SSSR count). The first-order chi connectivity index (χ1) is 24.9. The maximum Gasteiger partial charge on any atom is 0.481 e. The molecule has 2 aromatic heterocycles. The van der Waals surface area contributed by atoms with Crippen LogP contribution in [0.4, 0.5) is 5.82 Å². The van der Waals surface area contributed by atoms with E-state index in [0.717, 1.165) is 29.0 Å². The van der Waals surface area contributed by atoms with Gasteiger partial charge in [0.05, 0.1) is 26.0 Å². The minimum absolute atomic E-state index is 0.0240. The van der Waals surface area contributed by atoms with Crippen LogP contribution in [0.2, 0.25) is 0 Å². The quantitative estimate of drug-likeness (QED) is 0.0398. The lowest BCUT2D eigenvalue weighted by Crippen LogP contribution is -2.46. The first-order valence-electron chi connectivity index (χ1n) is 15.5. The second-order valence-corrected chi connectivity index (χ2v) is 17.6. The van der Waals surface area contributed by atoms with Crippen LogP contribution in [-0.2, 0) is 55.5 Å². The van der Waals surface area contributed by atoms with E-state index in [0.29, 0.717) is 0 Å². The molecular formula is C25H40N7O18P3S. The van der Waals surface area contributed by atoms with Gasteiger partial charge in [0, 0.05) is 30.7 Å². The fourth-order valence-corrected chi connectivity index (χ4v) is 8.12. The maximum atomic E-state index is 12.6. The number of aromatic nitrogens is 4. The number of nitrogens with one attached hydrogen (secondary N) is 2. The number of nitrogens with two attached hydrogens (primary N) is 1. The Bertz CT molecular complexity index is 1830. The highest BCUT2D eigenvalue weighted by Crippen LogP contribution is 2.61. The van der Waals surface area contributed by atoms with Crippen LogP contribution in [0.15, 0.2) is 12.7 Å². The van der Waals surface area contributed by atoms with Crippen LogP contribution < -0.4 is 16.4 Å². The molecule has 1 fully saturated rings. The van der Waals surface area contributed by atoms with E-state index < -0.39 is 84.6 Å². The summed E-state index contributed by atoms with van der Waals surface area (Å²) in [5.74, 6) is -1.61. The minimum atomic E-state index is -5.58. The number of Topliss-reactive ketones (excluding diaryl/α,β-unsaturated/α-hetero) is 1. The number of thioether (sulfide) groups is 1. The molecule has 0 aromatic carbocycles. The highest BCUT2D eigenvalue weighted by Gasteiger charge is 2.50. The maximum absolute atomic E-state index is 12.6. The van der Waals surface area contributed by atoms with Crippen molar-refractivity contribution in [2.45, 2.75) is 64.3 Å². The largest absolute Gasteiger partial charge is 0.481 e. The van der Waals surface area contributed by atoms with Crippen molar-refractivity contribution < 1.29 is 85.3 Å². The first kappa shape index (κ1) is 45.6. The van der Waals surface area contributed by atoms with Gasteiger partial charge in [0.25, 0.3) is 0 Å². The number of phosphoric ester groups is 3. The van der Waals surface area contributed by atoms with E-state index in [1.54, 1.807) is 0 Å². The van der Waals surface area contributed by atoms with E-state index >= 15 is 0 Å². The van der Waals surface area contributed by atoms with Crippen LogP contribution in [0.5, 0.6) is 0 Å². The van der Waals surface area contributed by atoms with Gasteiger partial charge in [-0.25, -0.2) is 28.6 Å². The number of imidazole rings is 1. The normalized spacial score (nSPS) is 21.9. The molecule has 2 unspecified atom stereocenters. The van der Waals surface area contributed by atoms with Crippen LogP contribution >= 0.6 is 35.2 Å². The molecule has 304 valence electrons. The number of nitrogen functional groups attached to an aromatic ring is 1. The molecule has 10 N–H and O–H groups in total. The second kappa shape index (κ2) is 18.9. The summed E-state index contributed by atoms with van der Waals surface area (Å²) in [7, 11) is -16.4. The van der Waals surface area contributed by atoms with Crippen LogP contribution in [0.25, 0.3) is 11.2 Å². The van der Waals surface area contributed by atoms with Crippen molar-refractivity contribution in [2.24, 2.45) is 5.41 Å². The number of amides is 2. The van der Waals surface area contributed by atoms with Crippen LogP contribution in [0.3, 0.4) is 0 Å². The highest BCUT2D eigenvalue weighted by molar-refractivity contribution is 8.13. The number of phosphoric acid groups is 3. The summed E-state index contributed by atoms with van der Waals surface area (Å²) in [6.45, 7) is 1.58. The molecule has 54 heavy (non-hydrogen) atoms. The number of nitrogens with zero attached hydrogens (tertiary/aromatic N) is 4. The van der Waals surface area contributed by atoms with Crippen molar-refractivity contribution in [3.8, 4) is 0 Å². The van der Waals surface area contributed by atoms with E-state index in [-0.39, 0.29) is 59.6 Å². The van der Waals surface area contributed by atoms with Gasteiger partial charge in [-0.1, -0.05) is 25.6 Å². The molecule has 2 aromatic rings. The zero-order chi connectivity index (χ0) is 40.6. The third-order valence-corrected chi connectivity index (χ3v) is 11.1. The van der Waals surface area contributed by atoms with Gasteiger partial charge in [-0.2, -0.15) is 4.31 Å². The third kappa shape index (κ3) is 13.8. The number of rotatable bonds is 21. The Labute approximate surface area is 310 Å². The number of hydrogen-bond donors (Lipinski definition) is 9. The standard InChI is InChI=1S/C25H40N7O18P3S/c1-13(33)8-16(35)54-7-6-27-15(34)4-5-28-23(38)20(37)25(2,3)10-47-53(44,45)50-52(42,43)46-9-14-19(49-51(39,40)41)18(36)24(48-14)32-12-31-17-21(26)29-11-30-22(17)32/h11-12,14,18-20,24,36-37H,4-10H2,1-3H3,(H,27,34)(H,28,38)(H,42,43)(H,44,45)(H2,26,29,30)(H2,39,40,41)/t14-,18-,19-,20+,24-/m1/s1/i16+2. The molecule has 29 heteroatoms. The Morgan fingerprint density at radius 3 is 2.41 bits per heavy atom. The Hall–Kier alpha value is -2.77. The molecule has 0 spiro atoms. The lowest BCUT2D eigenvalue weighted by Gasteiger charge is -2.30. The Balaban J connectivity index is 1.51. The van der Waals surface area contributed by atoms with Crippen LogP contribution in [0, 0.1) is 5.41 Å². The Morgan fingerprint density at radius 1 is 1.09 bits per heavy atom.